The number of methoxy groups -OCH3 is 2. The first-order chi connectivity index (χ1) is 20.0. The van der Waals surface area contributed by atoms with Gasteiger partial charge >= 0.3 is 6.03 Å². The smallest absolute Gasteiger partial charge is 0.320 e. The van der Waals surface area contributed by atoms with Crippen LogP contribution in [0.2, 0.25) is 0 Å². The predicted molar refractivity (Wildman–Crippen MR) is 155 cm³/mol. The molecule has 2 amide bonds. The minimum Gasteiger partial charge on any atom is -0.383 e. The summed E-state index contributed by atoms with van der Waals surface area (Å²) in [6.45, 7) is 5.84. The summed E-state index contributed by atoms with van der Waals surface area (Å²) in [5.41, 5.74) is 4.19. The van der Waals surface area contributed by atoms with Crippen molar-refractivity contribution in [2.75, 3.05) is 52.4 Å². The number of para-hydroxylation sites is 1. The number of halogens is 1. The number of carbonyl (C=O) groups excluding carboxylic acids is 1. The first-order valence-electron chi connectivity index (χ1n) is 13.7. The summed E-state index contributed by atoms with van der Waals surface area (Å²) in [6, 6.07) is 15.7. The van der Waals surface area contributed by atoms with Gasteiger partial charge in [-0.1, -0.05) is 30.3 Å². The molecule has 0 bridgehead atoms. The number of anilines is 1. The zero-order valence-electron chi connectivity index (χ0n) is 23.6. The molecule has 2 N–H and O–H groups in total. The van der Waals surface area contributed by atoms with Crippen molar-refractivity contribution in [1.29, 1.82) is 0 Å². The lowest BCUT2D eigenvalue weighted by Crippen LogP contribution is -2.42. The van der Waals surface area contributed by atoms with E-state index in [1.54, 1.807) is 37.2 Å². The van der Waals surface area contributed by atoms with Crippen LogP contribution in [0.4, 0.5) is 15.0 Å². The van der Waals surface area contributed by atoms with Crippen LogP contribution >= 0.6 is 0 Å². The average molecular weight is 562 g/mol. The molecular formula is C30H36FN7O3. The van der Waals surface area contributed by atoms with Gasteiger partial charge in [0.05, 0.1) is 37.7 Å². The number of nitrogens with one attached hydrogen (secondary N) is 2. The van der Waals surface area contributed by atoms with E-state index in [1.165, 1.54) is 12.1 Å². The van der Waals surface area contributed by atoms with Crippen LogP contribution in [0.1, 0.15) is 17.0 Å². The number of carbonyl (C=O) groups is 1. The molecule has 2 atom stereocenters. The third-order valence-electron chi connectivity index (χ3n) is 7.41. The Labute approximate surface area is 239 Å². The molecule has 4 aromatic rings. The molecule has 1 fully saturated rings. The molecule has 1 aliphatic rings. The highest BCUT2D eigenvalue weighted by molar-refractivity contribution is 5.91. The van der Waals surface area contributed by atoms with Crippen LogP contribution in [0, 0.1) is 12.7 Å². The number of urea groups is 1. The van der Waals surface area contributed by atoms with Crippen molar-refractivity contribution in [3.05, 3.63) is 83.9 Å². The van der Waals surface area contributed by atoms with E-state index in [0.717, 1.165) is 41.2 Å². The van der Waals surface area contributed by atoms with Crippen LogP contribution in [-0.2, 0) is 16.0 Å². The highest BCUT2D eigenvalue weighted by atomic mass is 19.1. The number of nitrogens with zero attached hydrogens (tertiary/aromatic N) is 5. The summed E-state index contributed by atoms with van der Waals surface area (Å²) in [7, 11) is 3.33. The maximum absolute atomic E-state index is 13.6. The third-order valence-corrected chi connectivity index (χ3v) is 7.41. The Morgan fingerprint density at radius 1 is 1.02 bits per heavy atom. The minimum absolute atomic E-state index is 0.00633. The van der Waals surface area contributed by atoms with Gasteiger partial charge in [0.25, 0.3) is 0 Å². The SMILES string of the molecule is COCCN1CC(NC(=O)Nc2c(C)c(-c3cnn(CCOC)c3)nn2-c2ccccc2)C(c2ccc(F)cc2)C1. The highest BCUT2D eigenvalue weighted by Crippen LogP contribution is 2.31. The zero-order chi connectivity index (χ0) is 28.8. The molecule has 41 heavy (non-hydrogen) atoms. The van der Waals surface area contributed by atoms with Crippen molar-refractivity contribution in [2.24, 2.45) is 0 Å². The van der Waals surface area contributed by atoms with Crippen LogP contribution in [0.5, 0.6) is 0 Å². The van der Waals surface area contributed by atoms with E-state index in [4.69, 9.17) is 14.6 Å². The molecule has 0 radical (unpaired) electrons. The van der Waals surface area contributed by atoms with E-state index < -0.39 is 0 Å². The summed E-state index contributed by atoms with van der Waals surface area (Å²) >= 11 is 0. The number of hydrogen-bond donors (Lipinski definition) is 2. The van der Waals surface area contributed by atoms with Crippen molar-refractivity contribution in [2.45, 2.75) is 25.4 Å². The fourth-order valence-corrected chi connectivity index (χ4v) is 5.26. The molecule has 1 aliphatic heterocycles. The fourth-order valence-electron chi connectivity index (χ4n) is 5.26. The van der Waals surface area contributed by atoms with Crippen molar-refractivity contribution >= 4 is 11.8 Å². The third kappa shape index (κ3) is 6.64. The Balaban J connectivity index is 1.40. The lowest BCUT2D eigenvalue weighted by Gasteiger charge is -2.21. The van der Waals surface area contributed by atoms with Crippen LogP contribution in [0.25, 0.3) is 16.9 Å². The number of ether oxygens (including phenoxy) is 2. The van der Waals surface area contributed by atoms with Gasteiger partial charge in [0.15, 0.2) is 0 Å². The monoisotopic (exact) mass is 561 g/mol. The summed E-state index contributed by atoms with van der Waals surface area (Å²) in [4.78, 5) is 15.8. The zero-order valence-corrected chi connectivity index (χ0v) is 23.6. The molecule has 0 aliphatic carbocycles. The maximum Gasteiger partial charge on any atom is 0.320 e. The quantitative estimate of drug-likeness (QED) is 0.287. The molecule has 11 heteroatoms. The van der Waals surface area contributed by atoms with Gasteiger partial charge in [0.1, 0.15) is 17.3 Å². The maximum atomic E-state index is 13.6. The van der Waals surface area contributed by atoms with Crippen molar-refractivity contribution in [3.8, 4) is 16.9 Å². The van der Waals surface area contributed by atoms with Crippen molar-refractivity contribution < 1.29 is 18.7 Å². The Morgan fingerprint density at radius 3 is 2.49 bits per heavy atom. The number of hydrogen-bond acceptors (Lipinski definition) is 6. The number of rotatable bonds is 11. The van der Waals surface area contributed by atoms with Crippen LogP contribution in [0.15, 0.2) is 67.0 Å². The second-order valence-electron chi connectivity index (χ2n) is 10.2. The molecule has 1 saturated heterocycles. The van der Waals surface area contributed by atoms with E-state index in [0.29, 0.717) is 32.1 Å². The predicted octanol–water partition coefficient (Wildman–Crippen LogP) is 4.07. The van der Waals surface area contributed by atoms with Gasteiger partial charge in [0, 0.05) is 57.1 Å². The van der Waals surface area contributed by atoms with Gasteiger partial charge in [-0.3, -0.25) is 14.9 Å². The minimum atomic E-state index is -0.335. The van der Waals surface area contributed by atoms with Crippen LogP contribution in [0.3, 0.4) is 0 Å². The Morgan fingerprint density at radius 2 is 1.76 bits per heavy atom. The normalized spacial score (nSPS) is 17.2. The Bertz CT molecular complexity index is 1440. The first kappa shape index (κ1) is 28.5. The lowest BCUT2D eigenvalue weighted by molar-refractivity contribution is 0.159. The highest BCUT2D eigenvalue weighted by Gasteiger charge is 2.35. The van der Waals surface area contributed by atoms with Crippen molar-refractivity contribution in [3.63, 3.8) is 0 Å². The van der Waals surface area contributed by atoms with E-state index >= 15 is 0 Å². The Hall–Kier alpha value is -4.06. The largest absolute Gasteiger partial charge is 0.383 e. The summed E-state index contributed by atoms with van der Waals surface area (Å²) in [5, 5.41) is 15.6. The van der Waals surface area contributed by atoms with Gasteiger partial charge in [-0.25, -0.2) is 13.9 Å². The van der Waals surface area contributed by atoms with E-state index in [1.807, 2.05) is 48.1 Å². The molecule has 3 heterocycles. The van der Waals surface area contributed by atoms with Gasteiger partial charge in [-0.2, -0.15) is 10.2 Å². The lowest BCUT2D eigenvalue weighted by atomic mass is 9.94. The molecule has 216 valence electrons. The molecule has 2 aromatic carbocycles. The van der Waals surface area contributed by atoms with Crippen LogP contribution in [-0.4, -0.2) is 83.6 Å². The molecule has 2 aromatic heterocycles. The summed E-state index contributed by atoms with van der Waals surface area (Å²) < 4.78 is 27.6. The molecule has 10 nitrogen and oxygen atoms in total. The van der Waals surface area contributed by atoms with E-state index in [2.05, 4.69) is 20.6 Å². The average Bonchev–Trinajstić information content (AvgIpc) is 3.69. The molecular weight excluding hydrogens is 525 g/mol. The molecule has 5 rings (SSSR count). The molecule has 0 spiro atoms. The first-order valence-corrected chi connectivity index (χ1v) is 13.7. The van der Waals surface area contributed by atoms with E-state index in [9.17, 15) is 9.18 Å². The van der Waals surface area contributed by atoms with E-state index in [-0.39, 0.29) is 23.8 Å². The van der Waals surface area contributed by atoms with Gasteiger partial charge in [-0.15, -0.1) is 0 Å². The number of likely N-dealkylation sites (tertiary alicyclic amines) is 1. The number of amides is 2. The summed E-state index contributed by atoms with van der Waals surface area (Å²) in [5.74, 6) is 0.294. The van der Waals surface area contributed by atoms with Gasteiger partial charge < -0.3 is 14.8 Å². The fraction of sp³-hybridized carbons (Fsp3) is 0.367. The topological polar surface area (TPSA) is 98.5 Å². The number of aromatic nitrogens is 4. The van der Waals surface area contributed by atoms with Gasteiger partial charge in [0.2, 0.25) is 0 Å². The second kappa shape index (κ2) is 13.1. The number of benzene rings is 2. The molecule has 0 saturated carbocycles. The van der Waals surface area contributed by atoms with Crippen molar-refractivity contribution in [1.82, 2.24) is 29.8 Å². The summed E-state index contributed by atoms with van der Waals surface area (Å²) in [6.07, 6.45) is 3.69. The van der Waals surface area contributed by atoms with Gasteiger partial charge in [-0.05, 0) is 36.8 Å². The molecule has 2 unspecified atom stereocenters. The second-order valence-corrected chi connectivity index (χ2v) is 10.2. The standard InChI is InChI=1S/C30H36FN7O3/c1-21-28(23-17-32-37(18-23)14-16-41-3)35-38(25-7-5-4-6-8-25)29(21)34-30(39)33-27-20-36(13-15-40-2)19-26(27)22-9-11-24(31)12-10-22/h4-12,17-18,26-27H,13-16,19-20H2,1-3H3,(H2,33,34,39). The van der Waals surface area contributed by atoms with Crippen LogP contribution < -0.4 is 10.6 Å². The Kier molecular flexibility index (Phi) is 9.07.